The molecule has 2 amide bonds. The summed E-state index contributed by atoms with van der Waals surface area (Å²) in [6, 6.07) is 14.2. The second kappa shape index (κ2) is 16.9. The fourth-order valence-electron chi connectivity index (χ4n) is 4.16. The van der Waals surface area contributed by atoms with Crippen molar-refractivity contribution in [3.63, 3.8) is 0 Å². The molecule has 0 bridgehead atoms. The summed E-state index contributed by atoms with van der Waals surface area (Å²) in [5.74, 6) is 0.119. The highest BCUT2D eigenvalue weighted by Crippen LogP contribution is 2.32. The molecule has 0 fully saturated rings. The zero-order chi connectivity index (χ0) is 28.6. The summed E-state index contributed by atoms with van der Waals surface area (Å²) < 4.78 is 11.4. The molecule has 8 nitrogen and oxygen atoms in total. The molecule has 0 radical (unpaired) electrons. The van der Waals surface area contributed by atoms with Gasteiger partial charge in [-0.1, -0.05) is 63.2 Å². The lowest BCUT2D eigenvalue weighted by Gasteiger charge is -2.31. The van der Waals surface area contributed by atoms with Crippen LogP contribution in [0.2, 0.25) is 0 Å². The molecule has 0 unspecified atom stereocenters. The summed E-state index contributed by atoms with van der Waals surface area (Å²) in [7, 11) is 0. The molecule has 1 aliphatic heterocycles. The van der Waals surface area contributed by atoms with E-state index in [2.05, 4.69) is 36.5 Å². The molecule has 0 saturated heterocycles. The number of nitrogens with zero attached hydrogens (tertiary/aromatic N) is 1. The third kappa shape index (κ3) is 10.8. The fraction of sp³-hybridized carbons (Fsp3) is 0.452. The predicted molar refractivity (Wildman–Crippen MR) is 152 cm³/mol. The van der Waals surface area contributed by atoms with Gasteiger partial charge in [0.05, 0.1) is 13.2 Å². The van der Waals surface area contributed by atoms with Crippen LogP contribution in [0.1, 0.15) is 62.8 Å². The summed E-state index contributed by atoms with van der Waals surface area (Å²) in [4.78, 5) is 35.8. The highest BCUT2D eigenvalue weighted by molar-refractivity contribution is 5.69. The average Bonchev–Trinajstić information content (AvgIpc) is 2.95. The lowest BCUT2D eigenvalue weighted by atomic mass is 9.92. The number of fused-ring (bicyclic) bond motifs is 1. The van der Waals surface area contributed by atoms with Gasteiger partial charge in [0.15, 0.2) is 0 Å². The maximum Gasteiger partial charge on any atom is 0.410 e. The van der Waals surface area contributed by atoms with Gasteiger partial charge in [-0.3, -0.25) is 9.59 Å². The number of aryl methyl sites for hydroxylation is 2. The first kappa shape index (κ1) is 31.4. The standard InChI is InChI=1S/C23H32N2O6.C8H10/c1-4-18(24-15-26)10-12-30-21-7-5-17(6-8-22(27)28)20-13-25(11-9-19(20)21)23(29)31-14-16(2)3;1-2-8-6-4-3-5-7-8/h4-5,7,15-16H,6,8-14H2,1-3H3,(H,24,26)(H,27,28);3-7H,2H2,1H3/b18-4+;. The van der Waals surface area contributed by atoms with Crippen molar-refractivity contribution in [3.05, 3.63) is 76.5 Å². The summed E-state index contributed by atoms with van der Waals surface area (Å²) in [6.07, 6.45) is 4.81. The third-order valence-electron chi connectivity index (χ3n) is 6.35. The number of carbonyl (C=O) groups excluding carboxylic acids is 2. The van der Waals surface area contributed by atoms with Gasteiger partial charge >= 0.3 is 12.1 Å². The van der Waals surface area contributed by atoms with Gasteiger partial charge in [-0.05, 0) is 54.9 Å². The average molecular weight is 539 g/mol. The molecule has 1 heterocycles. The molecule has 3 rings (SSSR count). The molecular formula is C31H42N2O6. The van der Waals surface area contributed by atoms with Crippen LogP contribution in [-0.2, 0) is 40.1 Å². The fourth-order valence-corrected chi connectivity index (χ4v) is 4.16. The minimum atomic E-state index is -0.861. The van der Waals surface area contributed by atoms with Crippen molar-refractivity contribution >= 4 is 18.5 Å². The molecular weight excluding hydrogens is 496 g/mol. The van der Waals surface area contributed by atoms with Gasteiger partial charge < -0.3 is 24.8 Å². The van der Waals surface area contributed by atoms with E-state index in [1.165, 1.54) is 5.56 Å². The van der Waals surface area contributed by atoms with Crippen molar-refractivity contribution in [2.24, 2.45) is 5.92 Å². The smallest absolute Gasteiger partial charge is 0.410 e. The zero-order valence-corrected chi connectivity index (χ0v) is 23.6. The highest BCUT2D eigenvalue weighted by atomic mass is 16.6. The van der Waals surface area contributed by atoms with Crippen LogP contribution in [-0.4, -0.2) is 48.2 Å². The number of amides is 2. The Kier molecular flexibility index (Phi) is 13.6. The van der Waals surface area contributed by atoms with E-state index in [-0.39, 0.29) is 18.4 Å². The van der Waals surface area contributed by atoms with Gasteiger partial charge in [0.25, 0.3) is 0 Å². The Bertz CT molecular complexity index is 1100. The molecule has 2 N–H and O–H groups in total. The van der Waals surface area contributed by atoms with Crippen molar-refractivity contribution in [1.82, 2.24) is 10.2 Å². The second-order valence-electron chi connectivity index (χ2n) is 9.73. The molecule has 212 valence electrons. The number of ether oxygens (including phenoxy) is 2. The van der Waals surface area contributed by atoms with E-state index in [9.17, 15) is 14.4 Å². The highest BCUT2D eigenvalue weighted by Gasteiger charge is 2.26. The van der Waals surface area contributed by atoms with Crippen molar-refractivity contribution in [1.29, 1.82) is 0 Å². The zero-order valence-electron chi connectivity index (χ0n) is 23.6. The minimum absolute atomic E-state index is 0.0203. The number of aliphatic carboxylic acids is 1. The van der Waals surface area contributed by atoms with E-state index in [0.717, 1.165) is 34.6 Å². The summed E-state index contributed by atoms with van der Waals surface area (Å²) in [5.41, 5.74) is 5.03. The van der Waals surface area contributed by atoms with Crippen LogP contribution < -0.4 is 10.1 Å². The Labute approximate surface area is 232 Å². The summed E-state index contributed by atoms with van der Waals surface area (Å²) in [6.45, 7) is 9.60. The Balaban J connectivity index is 0.000000568. The van der Waals surface area contributed by atoms with E-state index < -0.39 is 5.97 Å². The van der Waals surface area contributed by atoms with Crippen LogP contribution in [0, 0.1) is 5.92 Å². The first-order chi connectivity index (χ1) is 18.8. The topological polar surface area (TPSA) is 105 Å². The number of benzene rings is 2. The van der Waals surface area contributed by atoms with Crippen molar-refractivity contribution < 1.29 is 29.0 Å². The van der Waals surface area contributed by atoms with Gasteiger partial charge in [-0.2, -0.15) is 0 Å². The van der Waals surface area contributed by atoms with E-state index in [1.54, 1.807) is 4.90 Å². The van der Waals surface area contributed by atoms with Gasteiger partial charge in [0.2, 0.25) is 6.41 Å². The van der Waals surface area contributed by atoms with Gasteiger partial charge in [0.1, 0.15) is 5.75 Å². The number of nitrogens with one attached hydrogen (secondary N) is 1. The van der Waals surface area contributed by atoms with Crippen molar-refractivity contribution in [3.8, 4) is 5.75 Å². The van der Waals surface area contributed by atoms with Crippen molar-refractivity contribution in [2.75, 3.05) is 19.8 Å². The molecule has 39 heavy (non-hydrogen) atoms. The summed E-state index contributed by atoms with van der Waals surface area (Å²) >= 11 is 0. The number of rotatable bonds is 12. The monoisotopic (exact) mass is 538 g/mol. The van der Waals surface area contributed by atoms with E-state index in [4.69, 9.17) is 14.6 Å². The quantitative estimate of drug-likeness (QED) is 0.345. The Morgan fingerprint density at radius 2 is 1.85 bits per heavy atom. The largest absolute Gasteiger partial charge is 0.493 e. The first-order valence-corrected chi connectivity index (χ1v) is 13.6. The predicted octanol–water partition coefficient (Wildman–Crippen LogP) is 5.52. The first-order valence-electron chi connectivity index (χ1n) is 13.6. The SMILES string of the molecule is C/C=C(\CCOc1ccc(CCC(=O)O)c2c1CCN(C(=O)OCC(C)C)C2)NC=O.CCc1ccccc1. The van der Waals surface area contributed by atoms with Crippen LogP contribution >= 0.6 is 0 Å². The number of hydrogen-bond acceptors (Lipinski definition) is 5. The Morgan fingerprint density at radius 3 is 2.44 bits per heavy atom. The van der Waals surface area contributed by atoms with E-state index >= 15 is 0 Å². The van der Waals surface area contributed by atoms with E-state index in [0.29, 0.717) is 52.0 Å². The number of carboxylic acids is 1. The lowest BCUT2D eigenvalue weighted by Crippen LogP contribution is -2.37. The third-order valence-corrected chi connectivity index (χ3v) is 6.35. The second-order valence-corrected chi connectivity index (χ2v) is 9.73. The van der Waals surface area contributed by atoms with Crippen LogP contribution in [0.3, 0.4) is 0 Å². The molecule has 0 saturated carbocycles. The van der Waals surface area contributed by atoms with Gasteiger partial charge in [-0.25, -0.2) is 4.79 Å². The number of allylic oxidation sites excluding steroid dienone is 1. The maximum absolute atomic E-state index is 12.5. The lowest BCUT2D eigenvalue weighted by molar-refractivity contribution is -0.137. The van der Waals surface area contributed by atoms with Gasteiger partial charge in [0, 0.05) is 37.2 Å². The van der Waals surface area contributed by atoms with Crippen LogP contribution in [0.25, 0.3) is 0 Å². The number of hydrogen-bond donors (Lipinski definition) is 2. The van der Waals surface area contributed by atoms with E-state index in [1.807, 2.05) is 45.0 Å². The van der Waals surface area contributed by atoms with Crippen LogP contribution in [0.5, 0.6) is 5.75 Å². The van der Waals surface area contributed by atoms with Crippen LogP contribution in [0.4, 0.5) is 4.79 Å². The maximum atomic E-state index is 12.5. The molecule has 1 aliphatic rings. The molecule has 0 atom stereocenters. The summed E-state index contributed by atoms with van der Waals surface area (Å²) in [5, 5.41) is 11.7. The number of carbonyl (C=O) groups is 3. The van der Waals surface area contributed by atoms with Gasteiger partial charge in [-0.15, -0.1) is 0 Å². The molecule has 2 aromatic carbocycles. The normalized spacial score (nSPS) is 12.6. The van der Waals surface area contributed by atoms with Crippen LogP contribution in [0.15, 0.2) is 54.2 Å². The minimum Gasteiger partial charge on any atom is -0.493 e. The molecule has 0 aromatic heterocycles. The molecule has 8 heteroatoms. The molecule has 0 spiro atoms. The number of carboxylic acid groups (broad SMARTS) is 1. The molecule has 0 aliphatic carbocycles. The van der Waals surface area contributed by atoms with Crippen molar-refractivity contribution in [2.45, 2.75) is 66.3 Å². The molecule has 2 aromatic rings. The Morgan fingerprint density at radius 1 is 1.10 bits per heavy atom. The Hall–Kier alpha value is -3.81.